The summed E-state index contributed by atoms with van der Waals surface area (Å²) in [5.41, 5.74) is 2.05. The molecule has 84 valence electrons. The minimum absolute atomic E-state index is 0.160. The standard InChI is InChI=1S/C11H8F3NO/c12-11(13,14)10(16)15-9-5-4-7-2-1-3-8(7)6-9/h1,3-6H,2H2,(H,15,16). The zero-order chi connectivity index (χ0) is 11.8. The SMILES string of the molecule is O=C(Nc1ccc2c(c1)C=CC2)C(F)(F)F. The highest BCUT2D eigenvalue weighted by Crippen LogP contribution is 2.24. The van der Waals surface area contributed by atoms with Crippen LogP contribution < -0.4 is 5.32 Å². The molecule has 0 atom stereocenters. The van der Waals surface area contributed by atoms with Gasteiger partial charge in [-0.25, -0.2) is 0 Å². The van der Waals surface area contributed by atoms with E-state index in [1.165, 1.54) is 12.1 Å². The Morgan fingerprint density at radius 2 is 2.06 bits per heavy atom. The zero-order valence-electron chi connectivity index (χ0n) is 8.14. The van der Waals surface area contributed by atoms with Gasteiger partial charge in [0.1, 0.15) is 0 Å². The lowest BCUT2D eigenvalue weighted by molar-refractivity contribution is -0.167. The number of nitrogens with one attached hydrogen (secondary N) is 1. The van der Waals surface area contributed by atoms with Gasteiger partial charge in [0.15, 0.2) is 0 Å². The van der Waals surface area contributed by atoms with E-state index in [1.54, 1.807) is 6.07 Å². The predicted octanol–water partition coefficient (Wildman–Crippen LogP) is 2.76. The lowest BCUT2D eigenvalue weighted by Gasteiger charge is -2.09. The van der Waals surface area contributed by atoms with Crippen LogP contribution in [0.25, 0.3) is 6.08 Å². The Hall–Kier alpha value is -1.78. The Labute approximate surface area is 89.8 Å². The molecule has 0 saturated heterocycles. The van der Waals surface area contributed by atoms with E-state index in [4.69, 9.17) is 0 Å². The van der Waals surface area contributed by atoms with Crippen molar-refractivity contribution in [1.29, 1.82) is 0 Å². The lowest BCUT2D eigenvalue weighted by atomic mass is 10.1. The number of fused-ring (bicyclic) bond motifs is 1. The summed E-state index contributed by atoms with van der Waals surface area (Å²) in [4.78, 5) is 10.7. The van der Waals surface area contributed by atoms with E-state index < -0.39 is 12.1 Å². The second-order valence-corrected chi connectivity index (χ2v) is 3.47. The highest BCUT2D eigenvalue weighted by atomic mass is 19.4. The normalized spacial score (nSPS) is 13.7. The quantitative estimate of drug-likeness (QED) is 0.785. The third-order valence-electron chi connectivity index (χ3n) is 2.30. The molecule has 2 nitrogen and oxygen atoms in total. The number of benzene rings is 1. The molecule has 0 aliphatic heterocycles. The summed E-state index contributed by atoms with van der Waals surface area (Å²) in [6.07, 6.45) is -0.337. The summed E-state index contributed by atoms with van der Waals surface area (Å²) in [7, 11) is 0. The third kappa shape index (κ3) is 2.08. The van der Waals surface area contributed by atoms with Gasteiger partial charge in [-0.1, -0.05) is 18.2 Å². The molecule has 0 bridgehead atoms. The fraction of sp³-hybridized carbons (Fsp3) is 0.182. The minimum atomic E-state index is -4.85. The average Bonchev–Trinajstić information content (AvgIpc) is 2.63. The van der Waals surface area contributed by atoms with Gasteiger partial charge in [0, 0.05) is 5.69 Å². The summed E-state index contributed by atoms with van der Waals surface area (Å²) < 4.78 is 35.9. The van der Waals surface area contributed by atoms with Crippen molar-refractivity contribution in [1.82, 2.24) is 0 Å². The Morgan fingerprint density at radius 3 is 2.75 bits per heavy atom. The van der Waals surface area contributed by atoms with E-state index in [1.807, 2.05) is 17.5 Å². The van der Waals surface area contributed by atoms with Crippen molar-refractivity contribution in [3.63, 3.8) is 0 Å². The highest BCUT2D eigenvalue weighted by Gasteiger charge is 2.38. The van der Waals surface area contributed by atoms with Gasteiger partial charge in [-0.3, -0.25) is 4.79 Å². The molecular formula is C11H8F3NO. The second kappa shape index (κ2) is 3.66. The summed E-state index contributed by atoms with van der Waals surface area (Å²) in [5, 5.41) is 1.81. The molecule has 0 spiro atoms. The van der Waals surface area contributed by atoms with Gasteiger partial charge >= 0.3 is 12.1 Å². The Kier molecular flexibility index (Phi) is 2.46. The number of allylic oxidation sites excluding steroid dienone is 1. The smallest absolute Gasteiger partial charge is 0.318 e. The molecular weight excluding hydrogens is 219 g/mol. The minimum Gasteiger partial charge on any atom is -0.318 e. The van der Waals surface area contributed by atoms with Crippen molar-refractivity contribution in [2.24, 2.45) is 0 Å². The highest BCUT2D eigenvalue weighted by molar-refractivity contribution is 5.95. The topological polar surface area (TPSA) is 29.1 Å². The van der Waals surface area contributed by atoms with Gasteiger partial charge in [0.2, 0.25) is 0 Å². The van der Waals surface area contributed by atoms with Crippen LogP contribution in [0.4, 0.5) is 18.9 Å². The van der Waals surface area contributed by atoms with Crippen LogP contribution in [-0.2, 0) is 11.2 Å². The van der Waals surface area contributed by atoms with Crippen molar-refractivity contribution in [2.75, 3.05) is 5.32 Å². The van der Waals surface area contributed by atoms with Crippen LogP contribution in [0.15, 0.2) is 24.3 Å². The fourth-order valence-corrected chi connectivity index (χ4v) is 1.53. The molecule has 1 aliphatic rings. The lowest BCUT2D eigenvalue weighted by Crippen LogP contribution is -2.29. The molecule has 1 aliphatic carbocycles. The van der Waals surface area contributed by atoms with Gasteiger partial charge in [0.25, 0.3) is 0 Å². The molecule has 0 saturated carbocycles. The summed E-state index contributed by atoms with van der Waals surface area (Å²) in [5.74, 6) is -1.95. The van der Waals surface area contributed by atoms with Crippen molar-refractivity contribution >= 4 is 17.7 Å². The summed E-state index contributed by atoms with van der Waals surface area (Å²) in [6, 6.07) is 4.71. The first-order valence-electron chi connectivity index (χ1n) is 4.64. The largest absolute Gasteiger partial charge is 0.471 e. The van der Waals surface area contributed by atoms with Crippen molar-refractivity contribution in [3.05, 3.63) is 35.4 Å². The number of carbonyl (C=O) groups excluding carboxylic acids is 1. The predicted molar refractivity (Wildman–Crippen MR) is 53.9 cm³/mol. The van der Waals surface area contributed by atoms with Crippen LogP contribution in [0, 0.1) is 0 Å². The zero-order valence-corrected chi connectivity index (χ0v) is 8.14. The van der Waals surface area contributed by atoms with Gasteiger partial charge < -0.3 is 5.32 Å². The Balaban J connectivity index is 2.17. The van der Waals surface area contributed by atoms with E-state index in [0.717, 1.165) is 17.5 Å². The number of hydrogen-bond donors (Lipinski definition) is 1. The molecule has 0 unspecified atom stereocenters. The van der Waals surface area contributed by atoms with Crippen LogP contribution in [0.2, 0.25) is 0 Å². The first-order chi connectivity index (χ1) is 7.47. The molecule has 1 aromatic rings. The molecule has 16 heavy (non-hydrogen) atoms. The van der Waals surface area contributed by atoms with Gasteiger partial charge in [-0.05, 0) is 29.7 Å². The molecule has 0 fully saturated rings. The maximum Gasteiger partial charge on any atom is 0.471 e. The fourth-order valence-electron chi connectivity index (χ4n) is 1.53. The molecule has 1 aromatic carbocycles. The number of amides is 1. The number of alkyl halides is 3. The molecule has 1 N–H and O–H groups in total. The van der Waals surface area contributed by atoms with Crippen LogP contribution >= 0.6 is 0 Å². The first kappa shape index (κ1) is 10.7. The molecule has 1 amide bonds. The van der Waals surface area contributed by atoms with E-state index >= 15 is 0 Å². The number of carbonyl (C=O) groups is 1. The van der Waals surface area contributed by atoms with Crippen LogP contribution in [-0.4, -0.2) is 12.1 Å². The van der Waals surface area contributed by atoms with Crippen molar-refractivity contribution in [2.45, 2.75) is 12.6 Å². The van der Waals surface area contributed by atoms with Crippen molar-refractivity contribution in [3.8, 4) is 0 Å². The van der Waals surface area contributed by atoms with Gasteiger partial charge in [-0.2, -0.15) is 13.2 Å². The maximum atomic E-state index is 12.0. The van der Waals surface area contributed by atoms with Gasteiger partial charge in [-0.15, -0.1) is 0 Å². The third-order valence-corrected chi connectivity index (χ3v) is 2.30. The van der Waals surface area contributed by atoms with Crippen LogP contribution in [0.1, 0.15) is 11.1 Å². The molecule has 0 heterocycles. The summed E-state index contributed by atoms with van der Waals surface area (Å²) in [6.45, 7) is 0. The number of rotatable bonds is 1. The summed E-state index contributed by atoms with van der Waals surface area (Å²) >= 11 is 0. The number of halogens is 3. The Bertz CT molecular complexity index is 463. The average molecular weight is 227 g/mol. The maximum absolute atomic E-state index is 12.0. The van der Waals surface area contributed by atoms with Crippen LogP contribution in [0.5, 0.6) is 0 Å². The van der Waals surface area contributed by atoms with E-state index in [9.17, 15) is 18.0 Å². The molecule has 2 rings (SSSR count). The first-order valence-corrected chi connectivity index (χ1v) is 4.64. The van der Waals surface area contributed by atoms with Gasteiger partial charge in [0.05, 0.1) is 0 Å². The molecule has 0 radical (unpaired) electrons. The van der Waals surface area contributed by atoms with Crippen molar-refractivity contribution < 1.29 is 18.0 Å². The monoisotopic (exact) mass is 227 g/mol. The molecule has 5 heteroatoms. The van der Waals surface area contributed by atoms with E-state index in [0.29, 0.717) is 0 Å². The second-order valence-electron chi connectivity index (χ2n) is 3.47. The van der Waals surface area contributed by atoms with E-state index in [-0.39, 0.29) is 5.69 Å². The number of anilines is 1. The molecule has 0 aromatic heterocycles. The van der Waals surface area contributed by atoms with E-state index in [2.05, 4.69) is 0 Å². The van der Waals surface area contributed by atoms with Crippen LogP contribution in [0.3, 0.4) is 0 Å². The Morgan fingerprint density at radius 1 is 1.31 bits per heavy atom. The number of hydrogen-bond acceptors (Lipinski definition) is 1.